The molecule has 0 aliphatic carbocycles. The molecule has 41 heavy (non-hydrogen) atoms. The smallest absolute Gasteiger partial charge is 0.166 e. The molecular formula is C31H53B3N2O5. The van der Waals surface area contributed by atoms with Crippen LogP contribution in [0.5, 0.6) is 0 Å². The molecule has 10 heteroatoms. The molecule has 0 aromatic rings. The van der Waals surface area contributed by atoms with Crippen LogP contribution in [0.25, 0.3) is 0 Å². The van der Waals surface area contributed by atoms with Gasteiger partial charge in [0.25, 0.3) is 0 Å². The van der Waals surface area contributed by atoms with Crippen LogP contribution in [0.3, 0.4) is 0 Å². The summed E-state index contributed by atoms with van der Waals surface area (Å²) in [5.74, 6) is 0.371. The number of Topliss-reactive ketones (excluding diaryl/α,β-unsaturated/α-hetero) is 5. The minimum Gasteiger partial charge on any atom is -0.404 e. The molecule has 0 atom stereocenters. The molecule has 0 aromatic carbocycles. The van der Waals surface area contributed by atoms with Gasteiger partial charge in [0.05, 0.1) is 27.5 Å². The van der Waals surface area contributed by atoms with Crippen LogP contribution in [0.2, 0.25) is 6.32 Å². The molecule has 0 aromatic heterocycles. The largest absolute Gasteiger partial charge is 0.404 e. The van der Waals surface area contributed by atoms with Crippen molar-refractivity contribution in [3.8, 4) is 0 Å². The average molecular weight is 566 g/mol. The Morgan fingerprint density at radius 1 is 0.512 bits per heavy atom. The lowest BCUT2D eigenvalue weighted by Crippen LogP contribution is -2.38. The first kappa shape index (κ1) is 39.5. The number of unbranched alkanes of at least 4 members (excludes halogenated alkanes) is 9. The van der Waals surface area contributed by atoms with Gasteiger partial charge in [-0.05, 0) is 51.4 Å². The van der Waals surface area contributed by atoms with E-state index in [0.29, 0.717) is 51.5 Å². The lowest BCUT2D eigenvalue weighted by Gasteiger charge is -2.20. The fourth-order valence-electron chi connectivity index (χ4n) is 4.56. The van der Waals surface area contributed by atoms with E-state index in [1.54, 1.807) is 4.90 Å². The number of carbonyl (C=O) groups excluding carboxylic acids is 5. The molecule has 7 nitrogen and oxygen atoms in total. The van der Waals surface area contributed by atoms with E-state index in [0.717, 1.165) is 64.2 Å². The molecule has 0 spiro atoms. The maximum atomic E-state index is 12.7. The minimum atomic E-state index is -0.310. The molecule has 0 bridgehead atoms. The van der Waals surface area contributed by atoms with Gasteiger partial charge in [-0.2, -0.15) is 0 Å². The summed E-state index contributed by atoms with van der Waals surface area (Å²) >= 11 is 0. The number of ketones is 5. The van der Waals surface area contributed by atoms with E-state index in [9.17, 15) is 24.0 Å². The van der Waals surface area contributed by atoms with Gasteiger partial charge < -0.3 is 9.52 Å². The molecule has 0 fully saturated rings. The average Bonchev–Trinajstić information content (AvgIpc) is 2.88. The van der Waals surface area contributed by atoms with Crippen LogP contribution in [0.15, 0.2) is 0 Å². The quantitative estimate of drug-likeness (QED) is 0.0987. The highest BCUT2D eigenvalue weighted by Gasteiger charge is 2.20. The molecule has 0 rings (SSSR count). The Hall–Kier alpha value is -1.54. The minimum absolute atomic E-state index is 0.00752. The van der Waals surface area contributed by atoms with Gasteiger partial charge in [-0.3, -0.25) is 24.1 Å². The van der Waals surface area contributed by atoms with Crippen LogP contribution < -0.4 is 0 Å². The first-order chi connectivity index (χ1) is 19.3. The lowest BCUT2D eigenvalue weighted by molar-refractivity contribution is -0.127. The molecule has 0 unspecified atom stereocenters. The van der Waals surface area contributed by atoms with E-state index >= 15 is 0 Å². The Labute approximate surface area is 254 Å². The number of carbonyl (C=O) groups is 5. The van der Waals surface area contributed by atoms with Crippen molar-refractivity contribution in [3.05, 3.63) is 0 Å². The van der Waals surface area contributed by atoms with Gasteiger partial charge in [0, 0.05) is 37.5 Å². The Morgan fingerprint density at radius 3 is 1.24 bits per heavy atom. The summed E-state index contributed by atoms with van der Waals surface area (Å²) in [6.45, 7) is 6.72. The maximum Gasteiger partial charge on any atom is 0.166 e. The second-order valence-electron chi connectivity index (χ2n) is 12.4. The van der Waals surface area contributed by atoms with E-state index < -0.39 is 0 Å². The van der Waals surface area contributed by atoms with Gasteiger partial charge in [0.15, 0.2) is 16.0 Å². The van der Waals surface area contributed by atoms with Gasteiger partial charge in [-0.1, -0.05) is 59.3 Å². The van der Waals surface area contributed by atoms with Crippen molar-refractivity contribution in [2.75, 3.05) is 26.2 Å². The summed E-state index contributed by atoms with van der Waals surface area (Å²) in [5, 5.41) is 0. The van der Waals surface area contributed by atoms with Crippen LogP contribution >= 0.6 is 0 Å². The Kier molecular flexibility index (Phi) is 23.1. The van der Waals surface area contributed by atoms with Crippen LogP contribution in [0, 0.1) is 5.41 Å². The van der Waals surface area contributed by atoms with Crippen molar-refractivity contribution < 1.29 is 24.0 Å². The molecule has 0 saturated heterocycles. The summed E-state index contributed by atoms with van der Waals surface area (Å²) in [5.41, 5.74) is -0.310. The van der Waals surface area contributed by atoms with Crippen LogP contribution in [-0.4, -0.2) is 88.5 Å². The van der Waals surface area contributed by atoms with E-state index in [2.05, 4.69) is 0 Å². The monoisotopic (exact) mass is 566 g/mol. The maximum absolute atomic E-state index is 12.7. The summed E-state index contributed by atoms with van der Waals surface area (Å²) < 4.78 is 1.18. The third-order valence-electron chi connectivity index (χ3n) is 7.16. The van der Waals surface area contributed by atoms with Crippen LogP contribution in [-0.2, 0) is 24.0 Å². The number of hydrogen-bond donors (Lipinski definition) is 0. The summed E-state index contributed by atoms with van der Waals surface area (Å²) in [4.78, 5) is 63.1. The molecule has 6 radical (unpaired) electrons. The normalized spacial score (nSPS) is 11.7. The number of rotatable bonds is 28. The van der Waals surface area contributed by atoms with Gasteiger partial charge in [-0.25, -0.2) is 0 Å². The molecule has 0 saturated carbocycles. The van der Waals surface area contributed by atoms with E-state index in [1.165, 1.54) is 4.72 Å². The highest BCUT2D eigenvalue weighted by Crippen LogP contribution is 2.19. The predicted octanol–water partition coefficient (Wildman–Crippen LogP) is 4.87. The zero-order valence-corrected chi connectivity index (χ0v) is 26.2. The summed E-state index contributed by atoms with van der Waals surface area (Å²) in [7, 11) is 16.1. The van der Waals surface area contributed by atoms with Gasteiger partial charge in [0.1, 0.15) is 28.9 Å². The van der Waals surface area contributed by atoms with E-state index in [4.69, 9.17) is 23.8 Å². The molecule has 0 amide bonds. The van der Waals surface area contributed by atoms with E-state index in [-0.39, 0.29) is 60.3 Å². The van der Waals surface area contributed by atoms with Gasteiger partial charge in [0.2, 0.25) is 0 Å². The number of hydrogen-bond acceptors (Lipinski definition) is 7. The first-order valence-corrected chi connectivity index (χ1v) is 15.6. The molecular weight excluding hydrogens is 513 g/mol. The third-order valence-corrected chi connectivity index (χ3v) is 7.16. The van der Waals surface area contributed by atoms with Crippen molar-refractivity contribution in [1.29, 1.82) is 0 Å². The van der Waals surface area contributed by atoms with Gasteiger partial charge >= 0.3 is 0 Å². The Morgan fingerprint density at radius 2 is 0.854 bits per heavy atom. The summed E-state index contributed by atoms with van der Waals surface area (Å²) in [6, 6.07) is 0. The molecule has 0 N–H and O–H groups in total. The molecule has 0 aliphatic rings. The highest BCUT2D eigenvalue weighted by molar-refractivity contribution is 6.24. The second-order valence-corrected chi connectivity index (χ2v) is 12.4. The fraction of sp³-hybridized carbons (Fsp3) is 0.839. The standard InChI is InChI=1S/C31H53B3N2O5/c1-31(2,3)30(41)20-14-7-6-11-18-28(39)24-35(25-29(40)19-13-9-12-16-26(37)22-32)23-27(38)17-10-5-4-8-15-21-36(33)34/h4-25H2,1-3H3. The lowest BCUT2D eigenvalue weighted by atomic mass is 9.88. The van der Waals surface area contributed by atoms with Crippen LogP contribution in [0.4, 0.5) is 0 Å². The highest BCUT2D eigenvalue weighted by atomic mass is 16.1. The number of nitrogens with zero attached hydrogens (tertiary/aromatic N) is 2. The summed E-state index contributed by atoms with van der Waals surface area (Å²) in [6.07, 6.45) is 12.4. The zero-order chi connectivity index (χ0) is 31.1. The fourth-order valence-corrected chi connectivity index (χ4v) is 4.56. The van der Waals surface area contributed by atoms with Crippen molar-refractivity contribution >= 4 is 52.7 Å². The van der Waals surface area contributed by atoms with Crippen molar-refractivity contribution in [1.82, 2.24) is 9.62 Å². The second kappa shape index (κ2) is 24.0. The van der Waals surface area contributed by atoms with Crippen molar-refractivity contribution in [3.63, 3.8) is 0 Å². The van der Waals surface area contributed by atoms with Crippen LogP contribution in [0.1, 0.15) is 130 Å². The predicted molar refractivity (Wildman–Crippen MR) is 168 cm³/mol. The first-order valence-electron chi connectivity index (χ1n) is 15.6. The van der Waals surface area contributed by atoms with Gasteiger partial charge in [-0.15, -0.1) is 0 Å². The molecule has 0 aliphatic heterocycles. The Balaban J connectivity index is 4.56. The molecule has 226 valence electrons. The van der Waals surface area contributed by atoms with Crippen molar-refractivity contribution in [2.24, 2.45) is 5.41 Å². The van der Waals surface area contributed by atoms with Crippen molar-refractivity contribution in [2.45, 2.75) is 136 Å². The topological polar surface area (TPSA) is 91.8 Å². The third kappa shape index (κ3) is 24.7. The Bertz CT molecular complexity index is 784. The zero-order valence-electron chi connectivity index (χ0n) is 26.2. The SMILES string of the molecule is [B]CC(=O)CCCCCC(=O)CN(CC(=O)CCCCCCCN([B])[B])CC(=O)CCCCCCC(=O)C(C)(C)C. The molecule has 0 heterocycles. The van der Waals surface area contributed by atoms with E-state index in [1.807, 2.05) is 20.8 Å².